The second-order valence-electron chi connectivity index (χ2n) is 7.60. The fourth-order valence-electron chi connectivity index (χ4n) is 2.48. The number of rotatable bonds is 3. The van der Waals surface area contributed by atoms with E-state index in [1.165, 1.54) is 7.11 Å². The lowest BCUT2D eigenvalue weighted by Gasteiger charge is -2.28. The van der Waals surface area contributed by atoms with Crippen LogP contribution in [0.4, 0.5) is 0 Å². The standard InChI is InChI=1S/C18H28O3/c1-17(2,3)13-11-15(19)14(18(4,5)6)10-12(13)8-9-16(20)21-7/h10-11,19H,8-9H2,1-7H3. The van der Waals surface area contributed by atoms with Gasteiger partial charge in [-0.1, -0.05) is 47.6 Å². The van der Waals surface area contributed by atoms with Gasteiger partial charge in [0.05, 0.1) is 7.11 Å². The van der Waals surface area contributed by atoms with E-state index in [9.17, 15) is 9.90 Å². The van der Waals surface area contributed by atoms with Gasteiger partial charge in [-0.3, -0.25) is 4.79 Å². The number of carbonyl (C=O) groups excluding carboxylic acids is 1. The molecule has 0 radical (unpaired) electrons. The summed E-state index contributed by atoms with van der Waals surface area (Å²) in [6.07, 6.45) is 0.983. The van der Waals surface area contributed by atoms with Crippen LogP contribution in [0.1, 0.15) is 64.7 Å². The number of phenolic OH excluding ortho intramolecular Hbond substituents is 1. The highest BCUT2D eigenvalue weighted by atomic mass is 16.5. The van der Waals surface area contributed by atoms with Gasteiger partial charge in [0, 0.05) is 6.42 Å². The summed E-state index contributed by atoms with van der Waals surface area (Å²) in [5, 5.41) is 10.3. The summed E-state index contributed by atoms with van der Waals surface area (Å²) >= 11 is 0. The van der Waals surface area contributed by atoms with Crippen molar-refractivity contribution < 1.29 is 14.6 Å². The molecule has 0 atom stereocenters. The molecule has 1 aromatic carbocycles. The average molecular weight is 292 g/mol. The predicted octanol–water partition coefficient (Wildman–Crippen LogP) is 4.09. The molecule has 0 saturated carbocycles. The van der Waals surface area contributed by atoms with Gasteiger partial charge >= 0.3 is 5.97 Å². The van der Waals surface area contributed by atoms with Gasteiger partial charge in [-0.2, -0.15) is 0 Å². The number of benzene rings is 1. The molecule has 3 heteroatoms. The van der Waals surface area contributed by atoms with Crippen LogP contribution in [0.3, 0.4) is 0 Å². The predicted molar refractivity (Wildman–Crippen MR) is 85.8 cm³/mol. The van der Waals surface area contributed by atoms with Crippen molar-refractivity contribution in [1.29, 1.82) is 0 Å². The molecular formula is C18H28O3. The number of esters is 1. The molecule has 0 bridgehead atoms. The highest BCUT2D eigenvalue weighted by Crippen LogP contribution is 2.37. The lowest BCUT2D eigenvalue weighted by atomic mass is 9.78. The summed E-state index contributed by atoms with van der Waals surface area (Å²) in [6.45, 7) is 12.6. The molecule has 0 fully saturated rings. The number of methoxy groups -OCH3 is 1. The van der Waals surface area contributed by atoms with E-state index in [4.69, 9.17) is 4.74 Å². The summed E-state index contributed by atoms with van der Waals surface area (Å²) in [5.74, 6) is 0.120. The second-order valence-corrected chi connectivity index (χ2v) is 7.60. The van der Waals surface area contributed by atoms with Crippen molar-refractivity contribution in [3.8, 4) is 5.75 Å². The Kier molecular flexibility index (Phi) is 5.08. The first-order valence-corrected chi connectivity index (χ1v) is 7.40. The Hall–Kier alpha value is -1.51. The van der Waals surface area contributed by atoms with Crippen molar-refractivity contribution >= 4 is 5.97 Å². The van der Waals surface area contributed by atoms with Crippen molar-refractivity contribution in [2.24, 2.45) is 0 Å². The van der Waals surface area contributed by atoms with Crippen molar-refractivity contribution in [2.45, 2.75) is 65.2 Å². The number of hydrogen-bond donors (Lipinski definition) is 1. The molecule has 0 amide bonds. The molecule has 1 rings (SSSR count). The monoisotopic (exact) mass is 292 g/mol. The van der Waals surface area contributed by atoms with E-state index in [-0.39, 0.29) is 16.8 Å². The normalized spacial score (nSPS) is 12.3. The van der Waals surface area contributed by atoms with Gasteiger partial charge in [0.2, 0.25) is 0 Å². The Labute approximate surface area is 128 Å². The van der Waals surface area contributed by atoms with E-state index in [2.05, 4.69) is 41.5 Å². The largest absolute Gasteiger partial charge is 0.508 e. The van der Waals surface area contributed by atoms with Gasteiger partial charge in [0.15, 0.2) is 0 Å². The molecule has 0 heterocycles. The Morgan fingerprint density at radius 3 is 2.00 bits per heavy atom. The first-order valence-electron chi connectivity index (χ1n) is 7.40. The molecule has 0 aliphatic rings. The van der Waals surface area contributed by atoms with Crippen LogP contribution >= 0.6 is 0 Å². The number of carbonyl (C=O) groups is 1. The average Bonchev–Trinajstić information content (AvgIpc) is 2.33. The van der Waals surface area contributed by atoms with Crippen LogP contribution in [0.15, 0.2) is 12.1 Å². The topological polar surface area (TPSA) is 46.5 Å². The second kappa shape index (κ2) is 6.08. The number of aryl methyl sites for hydroxylation is 1. The van der Waals surface area contributed by atoms with Crippen LogP contribution in [-0.2, 0) is 26.8 Å². The highest BCUT2D eigenvalue weighted by molar-refractivity contribution is 5.69. The molecule has 118 valence electrons. The molecule has 1 N–H and O–H groups in total. The van der Waals surface area contributed by atoms with Crippen molar-refractivity contribution in [1.82, 2.24) is 0 Å². The van der Waals surface area contributed by atoms with E-state index in [1.54, 1.807) is 0 Å². The summed E-state index contributed by atoms with van der Waals surface area (Å²) in [7, 11) is 1.41. The third-order valence-electron chi connectivity index (χ3n) is 3.66. The van der Waals surface area contributed by atoms with E-state index in [0.29, 0.717) is 18.6 Å². The van der Waals surface area contributed by atoms with E-state index in [1.807, 2.05) is 12.1 Å². The lowest BCUT2D eigenvalue weighted by Crippen LogP contribution is -2.18. The molecular weight excluding hydrogens is 264 g/mol. The quantitative estimate of drug-likeness (QED) is 0.853. The number of aromatic hydroxyl groups is 1. The fraction of sp³-hybridized carbons (Fsp3) is 0.611. The highest BCUT2D eigenvalue weighted by Gasteiger charge is 2.25. The lowest BCUT2D eigenvalue weighted by molar-refractivity contribution is -0.140. The molecule has 0 aliphatic heterocycles. The van der Waals surface area contributed by atoms with Crippen molar-refractivity contribution in [3.63, 3.8) is 0 Å². The van der Waals surface area contributed by atoms with E-state index in [0.717, 1.165) is 16.7 Å². The third-order valence-corrected chi connectivity index (χ3v) is 3.66. The SMILES string of the molecule is COC(=O)CCc1cc(C(C)(C)C)c(O)cc1C(C)(C)C. The summed E-state index contributed by atoms with van der Waals surface area (Å²) in [5.41, 5.74) is 2.88. The Balaban J connectivity index is 3.32. The Bertz CT molecular complexity index is 516. The minimum Gasteiger partial charge on any atom is -0.508 e. The van der Waals surface area contributed by atoms with Crippen LogP contribution in [0.25, 0.3) is 0 Å². The molecule has 3 nitrogen and oxygen atoms in total. The zero-order valence-electron chi connectivity index (χ0n) is 14.3. The first kappa shape index (κ1) is 17.5. The van der Waals surface area contributed by atoms with Crippen molar-refractivity contribution in [2.75, 3.05) is 7.11 Å². The zero-order chi connectivity index (χ0) is 16.4. The van der Waals surface area contributed by atoms with Gasteiger partial charge in [0.25, 0.3) is 0 Å². The van der Waals surface area contributed by atoms with Gasteiger partial charge < -0.3 is 9.84 Å². The summed E-state index contributed by atoms with van der Waals surface area (Å²) in [6, 6.07) is 3.89. The first-order chi connectivity index (χ1) is 9.46. The minimum atomic E-state index is -0.208. The fourth-order valence-corrected chi connectivity index (χ4v) is 2.48. The van der Waals surface area contributed by atoms with Crippen molar-refractivity contribution in [3.05, 3.63) is 28.8 Å². The molecule has 0 unspecified atom stereocenters. The zero-order valence-corrected chi connectivity index (χ0v) is 14.3. The molecule has 1 aromatic rings. The molecule has 0 spiro atoms. The van der Waals surface area contributed by atoms with Crippen LogP contribution < -0.4 is 0 Å². The van der Waals surface area contributed by atoms with Gasteiger partial charge in [-0.25, -0.2) is 0 Å². The maximum atomic E-state index is 11.4. The molecule has 0 aliphatic carbocycles. The molecule has 21 heavy (non-hydrogen) atoms. The maximum absolute atomic E-state index is 11.4. The number of ether oxygens (including phenoxy) is 1. The van der Waals surface area contributed by atoms with Gasteiger partial charge in [-0.15, -0.1) is 0 Å². The summed E-state index contributed by atoms with van der Waals surface area (Å²) < 4.78 is 4.73. The maximum Gasteiger partial charge on any atom is 0.305 e. The molecule has 0 aromatic heterocycles. The van der Waals surface area contributed by atoms with Crippen LogP contribution in [0.5, 0.6) is 5.75 Å². The summed E-state index contributed by atoms with van der Waals surface area (Å²) in [4.78, 5) is 11.4. The van der Waals surface area contributed by atoms with E-state index < -0.39 is 0 Å². The number of hydrogen-bond acceptors (Lipinski definition) is 3. The van der Waals surface area contributed by atoms with Crippen LogP contribution in [0.2, 0.25) is 0 Å². The minimum absolute atomic E-state index is 0.0840. The smallest absolute Gasteiger partial charge is 0.305 e. The van der Waals surface area contributed by atoms with Crippen LogP contribution in [-0.4, -0.2) is 18.2 Å². The number of phenols is 1. The van der Waals surface area contributed by atoms with Gasteiger partial charge in [0.1, 0.15) is 5.75 Å². The van der Waals surface area contributed by atoms with E-state index >= 15 is 0 Å². The Morgan fingerprint density at radius 2 is 1.57 bits per heavy atom. The molecule has 0 saturated heterocycles. The van der Waals surface area contributed by atoms with Crippen LogP contribution in [0, 0.1) is 0 Å². The third kappa shape index (κ3) is 4.48. The van der Waals surface area contributed by atoms with Gasteiger partial charge in [-0.05, 0) is 40.0 Å². The Morgan fingerprint density at radius 1 is 1.05 bits per heavy atom.